The molecule has 0 spiro atoms. The smallest absolute Gasteiger partial charge is 0.0351 e. The minimum atomic E-state index is 0. The third-order valence-corrected chi connectivity index (χ3v) is 5.82. The molecule has 0 fully saturated rings. The molecule has 0 radical (unpaired) electrons. The topological polar surface area (TPSA) is 63.0 Å². The highest BCUT2D eigenvalue weighted by molar-refractivity contribution is 4.81. The normalized spacial score (nSPS) is 10.3. The van der Waals surface area contributed by atoms with Crippen LogP contribution in [0.1, 0.15) is 175 Å². The average Bonchev–Trinajstić information content (AvgIpc) is 2.74. The molecule has 0 heterocycles. The zero-order valence-corrected chi connectivity index (χ0v) is 22.4. The van der Waals surface area contributed by atoms with E-state index in [-0.39, 0.29) is 11.0 Å². The fourth-order valence-electron chi connectivity index (χ4n) is 3.69. The number of hydrogen-bond acceptors (Lipinski definition) is 0. The Morgan fingerprint density at radius 3 is 0.806 bits per heavy atom. The Hall–Kier alpha value is -0.340. The number of rotatable bonds is 22. The molecule has 0 saturated heterocycles. The Morgan fingerprint density at radius 2 is 0.516 bits per heavy atom. The van der Waals surface area contributed by atoms with E-state index >= 15 is 0 Å². The van der Waals surface area contributed by atoms with Crippen molar-refractivity contribution in [3.8, 4) is 0 Å². The van der Waals surface area contributed by atoms with Crippen molar-refractivity contribution in [2.75, 3.05) is 0 Å². The molecule has 4 N–H and O–H groups in total. The van der Waals surface area contributed by atoms with Crippen LogP contribution >= 0.6 is 0 Å². The lowest BCUT2D eigenvalue weighted by molar-refractivity contribution is 0.542. The quantitative estimate of drug-likeness (QED) is 0.118. The van der Waals surface area contributed by atoms with Crippen molar-refractivity contribution in [1.82, 2.24) is 0 Å². The SMILES string of the molecule is CCCC/C=C/CCCCCCCC.CCCCCCCCCCCCCCC.O.O. The van der Waals surface area contributed by atoms with Gasteiger partial charge in [-0.25, -0.2) is 0 Å². The summed E-state index contributed by atoms with van der Waals surface area (Å²) in [5.74, 6) is 0. The highest BCUT2D eigenvalue weighted by Gasteiger charge is 1.92. The zero-order valence-electron chi connectivity index (χ0n) is 22.4. The van der Waals surface area contributed by atoms with Crippen molar-refractivity contribution < 1.29 is 11.0 Å². The van der Waals surface area contributed by atoms with Gasteiger partial charge in [0.15, 0.2) is 0 Å². The monoisotopic (exact) mass is 444 g/mol. The third kappa shape index (κ3) is 44.2. The predicted octanol–water partition coefficient (Wildman–Crippen LogP) is 9.93. The van der Waals surface area contributed by atoms with Crippen LogP contribution < -0.4 is 0 Å². The molecule has 0 aliphatic carbocycles. The lowest BCUT2D eigenvalue weighted by atomic mass is 10.1. The van der Waals surface area contributed by atoms with E-state index in [4.69, 9.17) is 0 Å². The highest BCUT2D eigenvalue weighted by atomic mass is 16.0. The van der Waals surface area contributed by atoms with Gasteiger partial charge in [0.2, 0.25) is 0 Å². The van der Waals surface area contributed by atoms with Crippen molar-refractivity contribution in [2.45, 2.75) is 175 Å². The number of allylic oxidation sites excluding steroid dienone is 2. The van der Waals surface area contributed by atoms with Gasteiger partial charge in [-0.2, -0.15) is 0 Å². The Bertz CT molecular complexity index is 264. The standard InChI is InChI=1S/C15H32.C14H28.2H2O/c1-3-5-7-9-11-13-15-14-12-10-8-6-4-2;1-3-5-7-9-11-13-14-12-10-8-6-4-2;;/h3-15H2,1-2H3;9,11H,3-8,10,12-14H2,1-2H3;2*1H2/b;11-9+;;. The van der Waals surface area contributed by atoms with Crippen LogP contribution in [-0.4, -0.2) is 11.0 Å². The van der Waals surface area contributed by atoms with Gasteiger partial charge >= 0.3 is 0 Å². The van der Waals surface area contributed by atoms with Crippen molar-refractivity contribution in [3.63, 3.8) is 0 Å². The lowest BCUT2D eigenvalue weighted by Crippen LogP contribution is -1.82. The second-order valence-corrected chi connectivity index (χ2v) is 9.06. The van der Waals surface area contributed by atoms with Crippen LogP contribution in [0.3, 0.4) is 0 Å². The zero-order chi connectivity index (χ0) is 21.7. The maximum atomic E-state index is 2.37. The van der Waals surface area contributed by atoms with Crippen LogP contribution in [0, 0.1) is 0 Å². The van der Waals surface area contributed by atoms with Gasteiger partial charge in [0.05, 0.1) is 0 Å². The fourth-order valence-corrected chi connectivity index (χ4v) is 3.69. The molecule has 0 aliphatic rings. The molecule has 0 bridgehead atoms. The Labute approximate surface area is 198 Å². The molecule has 0 rings (SSSR count). The van der Waals surface area contributed by atoms with Crippen molar-refractivity contribution in [2.24, 2.45) is 0 Å². The summed E-state index contributed by atoms with van der Waals surface area (Å²) in [6.45, 7) is 9.10. The summed E-state index contributed by atoms with van der Waals surface area (Å²) in [6, 6.07) is 0. The first-order valence-corrected chi connectivity index (χ1v) is 14.0. The summed E-state index contributed by atoms with van der Waals surface area (Å²) >= 11 is 0. The molecule has 0 unspecified atom stereocenters. The Kier molecular flexibility index (Phi) is 49.0. The molecular formula is C29H64O2. The maximum absolute atomic E-state index is 2.37. The Morgan fingerprint density at radius 1 is 0.290 bits per heavy atom. The first kappa shape index (κ1) is 37.9. The van der Waals surface area contributed by atoms with Gasteiger partial charge in [0.1, 0.15) is 0 Å². The van der Waals surface area contributed by atoms with Crippen LogP contribution in [0.4, 0.5) is 0 Å². The van der Waals surface area contributed by atoms with E-state index in [9.17, 15) is 0 Å². The first-order valence-electron chi connectivity index (χ1n) is 14.0. The predicted molar refractivity (Wildman–Crippen MR) is 145 cm³/mol. The maximum Gasteiger partial charge on any atom is -0.0351 e. The van der Waals surface area contributed by atoms with Gasteiger partial charge < -0.3 is 11.0 Å². The molecule has 192 valence electrons. The highest BCUT2D eigenvalue weighted by Crippen LogP contribution is 2.12. The van der Waals surface area contributed by atoms with Gasteiger partial charge in [0.25, 0.3) is 0 Å². The fraction of sp³-hybridized carbons (Fsp3) is 0.931. The van der Waals surface area contributed by atoms with Gasteiger partial charge in [-0.1, -0.05) is 168 Å². The molecule has 0 aromatic carbocycles. The largest absolute Gasteiger partial charge is 0.412 e. The van der Waals surface area contributed by atoms with Crippen LogP contribution in [0.25, 0.3) is 0 Å². The summed E-state index contributed by atoms with van der Waals surface area (Å²) in [5.41, 5.74) is 0. The van der Waals surface area contributed by atoms with Crippen LogP contribution in [-0.2, 0) is 0 Å². The van der Waals surface area contributed by atoms with Crippen LogP contribution in [0.15, 0.2) is 12.2 Å². The minimum absolute atomic E-state index is 0. The number of hydrogen-bond donors (Lipinski definition) is 0. The van der Waals surface area contributed by atoms with Crippen molar-refractivity contribution in [1.29, 1.82) is 0 Å². The summed E-state index contributed by atoms with van der Waals surface area (Å²) in [5, 5.41) is 0. The first-order chi connectivity index (χ1) is 14.3. The summed E-state index contributed by atoms with van der Waals surface area (Å²) in [4.78, 5) is 0. The molecule has 0 atom stereocenters. The molecule has 0 saturated carbocycles. The lowest BCUT2D eigenvalue weighted by Gasteiger charge is -2.01. The third-order valence-electron chi connectivity index (χ3n) is 5.82. The molecule has 0 aromatic heterocycles. The summed E-state index contributed by atoms with van der Waals surface area (Å²) < 4.78 is 0. The van der Waals surface area contributed by atoms with Crippen molar-refractivity contribution >= 4 is 0 Å². The summed E-state index contributed by atoms with van der Waals surface area (Å²) in [6.07, 6.45) is 37.4. The van der Waals surface area contributed by atoms with E-state index in [1.165, 1.54) is 148 Å². The molecule has 31 heavy (non-hydrogen) atoms. The van der Waals surface area contributed by atoms with Crippen LogP contribution in [0.5, 0.6) is 0 Å². The van der Waals surface area contributed by atoms with Crippen molar-refractivity contribution in [3.05, 3.63) is 12.2 Å². The molecule has 0 aromatic rings. The minimum Gasteiger partial charge on any atom is -0.412 e. The van der Waals surface area contributed by atoms with Gasteiger partial charge in [-0.3, -0.25) is 0 Å². The molecule has 2 nitrogen and oxygen atoms in total. The van der Waals surface area contributed by atoms with Gasteiger partial charge in [0, 0.05) is 0 Å². The number of unbranched alkanes of at least 4 members (excludes halogenated alkanes) is 20. The second kappa shape index (κ2) is 40.1. The molecule has 0 amide bonds. The molecular weight excluding hydrogens is 380 g/mol. The van der Waals surface area contributed by atoms with E-state index in [1.807, 2.05) is 0 Å². The van der Waals surface area contributed by atoms with Crippen LogP contribution in [0.2, 0.25) is 0 Å². The van der Waals surface area contributed by atoms with E-state index in [0.29, 0.717) is 0 Å². The van der Waals surface area contributed by atoms with E-state index in [1.54, 1.807) is 0 Å². The van der Waals surface area contributed by atoms with E-state index in [0.717, 1.165) is 0 Å². The Balaban J connectivity index is -0.000000221. The molecule has 2 heteroatoms. The van der Waals surface area contributed by atoms with E-state index < -0.39 is 0 Å². The second-order valence-electron chi connectivity index (χ2n) is 9.06. The van der Waals surface area contributed by atoms with Gasteiger partial charge in [-0.05, 0) is 19.3 Å². The summed E-state index contributed by atoms with van der Waals surface area (Å²) in [7, 11) is 0. The molecule has 0 aliphatic heterocycles. The average molecular weight is 445 g/mol. The van der Waals surface area contributed by atoms with Gasteiger partial charge in [-0.15, -0.1) is 0 Å². The van der Waals surface area contributed by atoms with E-state index in [2.05, 4.69) is 39.8 Å².